The molecule has 0 unspecified atom stereocenters. The monoisotopic (exact) mass is 448 g/mol. The number of alkyl halides is 3. The molecular formula is C22H23F3N4O3. The Morgan fingerprint density at radius 2 is 1.97 bits per heavy atom. The standard InChI is InChI=1S/C22H23F3N4O3/c1-13(2)29-9-10-31-19-12-14(11-17(20(19)29)18(27)7-8-26)21(30)28-15-3-5-16(6-4-15)32-22(23,24)25/h3-8,11-13,26H,9-10,27H2,1-2H3,(H,28,30)/b18-7-,26-8?. The SMILES string of the molecule is CC(C)N1CCOc2cc(C(=O)Nc3ccc(OC(F)(F)F)cc3)cc(/C(N)=C/C=N)c21. The molecule has 0 saturated carbocycles. The molecule has 0 fully saturated rings. The van der Waals surface area contributed by atoms with Gasteiger partial charge < -0.3 is 30.8 Å². The minimum absolute atomic E-state index is 0.154. The van der Waals surface area contributed by atoms with E-state index in [1.165, 1.54) is 18.2 Å². The van der Waals surface area contributed by atoms with Crippen LogP contribution in [0.5, 0.6) is 11.5 Å². The van der Waals surface area contributed by atoms with Crippen molar-refractivity contribution in [2.24, 2.45) is 5.73 Å². The lowest BCUT2D eigenvalue weighted by molar-refractivity contribution is -0.274. The molecule has 0 radical (unpaired) electrons. The fraction of sp³-hybridized carbons (Fsp3) is 0.273. The van der Waals surface area contributed by atoms with E-state index >= 15 is 0 Å². The quantitative estimate of drug-likeness (QED) is 0.569. The number of rotatable bonds is 6. The third-order valence-corrected chi connectivity index (χ3v) is 4.76. The number of allylic oxidation sites excluding steroid dienone is 1. The van der Waals surface area contributed by atoms with Crippen molar-refractivity contribution in [3.8, 4) is 11.5 Å². The zero-order chi connectivity index (χ0) is 23.5. The lowest BCUT2D eigenvalue weighted by Crippen LogP contribution is -2.39. The predicted molar refractivity (Wildman–Crippen MR) is 116 cm³/mol. The van der Waals surface area contributed by atoms with Gasteiger partial charge in [-0.1, -0.05) is 0 Å². The topological polar surface area (TPSA) is 101 Å². The summed E-state index contributed by atoms with van der Waals surface area (Å²) in [6.45, 7) is 5.14. The summed E-state index contributed by atoms with van der Waals surface area (Å²) in [5.41, 5.74) is 8.31. The largest absolute Gasteiger partial charge is 0.573 e. The van der Waals surface area contributed by atoms with Crippen molar-refractivity contribution in [3.05, 3.63) is 53.6 Å². The fourth-order valence-corrected chi connectivity index (χ4v) is 3.37. The highest BCUT2D eigenvalue weighted by Crippen LogP contribution is 2.40. The number of anilines is 2. The average molecular weight is 448 g/mol. The Balaban J connectivity index is 1.92. The maximum absolute atomic E-state index is 12.9. The van der Waals surface area contributed by atoms with Gasteiger partial charge in [0.2, 0.25) is 0 Å². The minimum Gasteiger partial charge on any atom is -0.490 e. The van der Waals surface area contributed by atoms with Crippen LogP contribution in [0.3, 0.4) is 0 Å². The molecule has 2 aromatic rings. The number of hydrogen-bond acceptors (Lipinski definition) is 6. The highest BCUT2D eigenvalue weighted by molar-refractivity contribution is 6.06. The van der Waals surface area contributed by atoms with Gasteiger partial charge in [0.05, 0.1) is 12.2 Å². The van der Waals surface area contributed by atoms with Crippen LogP contribution >= 0.6 is 0 Å². The van der Waals surface area contributed by atoms with Gasteiger partial charge in [-0.05, 0) is 56.3 Å². The molecule has 4 N–H and O–H groups in total. The van der Waals surface area contributed by atoms with Crippen molar-refractivity contribution in [1.82, 2.24) is 0 Å². The smallest absolute Gasteiger partial charge is 0.490 e. The fourth-order valence-electron chi connectivity index (χ4n) is 3.37. The molecule has 0 saturated heterocycles. The van der Waals surface area contributed by atoms with E-state index in [1.54, 1.807) is 12.1 Å². The van der Waals surface area contributed by atoms with Crippen molar-refractivity contribution in [3.63, 3.8) is 0 Å². The summed E-state index contributed by atoms with van der Waals surface area (Å²) in [4.78, 5) is 15.0. The Bertz CT molecular complexity index is 1030. The van der Waals surface area contributed by atoms with Crippen LogP contribution in [0.25, 0.3) is 5.70 Å². The molecule has 1 aliphatic rings. The molecular weight excluding hydrogens is 425 g/mol. The van der Waals surface area contributed by atoms with Gasteiger partial charge >= 0.3 is 6.36 Å². The van der Waals surface area contributed by atoms with Crippen LogP contribution in [-0.2, 0) is 0 Å². The van der Waals surface area contributed by atoms with Crippen LogP contribution in [0.4, 0.5) is 24.5 Å². The Morgan fingerprint density at radius 1 is 1.28 bits per heavy atom. The summed E-state index contributed by atoms with van der Waals surface area (Å²) >= 11 is 0. The Kier molecular flexibility index (Phi) is 6.61. The van der Waals surface area contributed by atoms with E-state index in [1.807, 2.05) is 13.8 Å². The highest BCUT2D eigenvalue weighted by atomic mass is 19.4. The van der Waals surface area contributed by atoms with Crippen LogP contribution < -0.4 is 25.4 Å². The summed E-state index contributed by atoms with van der Waals surface area (Å²) in [6, 6.07) is 8.18. The molecule has 0 atom stereocenters. The van der Waals surface area contributed by atoms with Crippen LogP contribution in [0.1, 0.15) is 29.8 Å². The van der Waals surface area contributed by atoms with Gasteiger partial charge in [-0.2, -0.15) is 0 Å². The van der Waals surface area contributed by atoms with Crippen LogP contribution in [0.2, 0.25) is 0 Å². The molecule has 2 aromatic carbocycles. The van der Waals surface area contributed by atoms with Crippen LogP contribution in [0, 0.1) is 5.41 Å². The van der Waals surface area contributed by atoms with E-state index in [2.05, 4.69) is 15.0 Å². The number of nitrogens with zero attached hydrogens (tertiary/aromatic N) is 1. The third kappa shape index (κ3) is 5.32. The number of benzene rings is 2. The van der Waals surface area contributed by atoms with E-state index in [0.29, 0.717) is 30.2 Å². The average Bonchev–Trinajstić information content (AvgIpc) is 2.72. The number of hydrogen-bond donors (Lipinski definition) is 3. The van der Waals surface area contributed by atoms with Crippen LogP contribution in [-0.4, -0.2) is 37.7 Å². The number of nitrogens with two attached hydrogens (primary N) is 1. The number of ether oxygens (including phenoxy) is 2. The van der Waals surface area contributed by atoms with E-state index in [9.17, 15) is 18.0 Å². The second-order valence-corrected chi connectivity index (χ2v) is 7.32. The lowest BCUT2D eigenvalue weighted by atomic mass is 10.0. The molecule has 0 aromatic heterocycles. The Morgan fingerprint density at radius 3 is 2.56 bits per heavy atom. The third-order valence-electron chi connectivity index (χ3n) is 4.76. The Hall–Kier alpha value is -3.69. The van der Waals surface area contributed by atoms with Gasteiger partial charge in [-0.25, -0.2) is 0 Å². The molecule has 1 amide bonds. The molecule has 170 valence electrons. The normalized spacial score (nSPS) is 13.9. The van der Waals surface area contributed by atoms with Gasteiger partial charge in [0.15, 0.2) is 0 Å². The molecule has 32 heavy (non-hydrogen) atoms. The van der Waals surface area contributed by atoms with E-state index in [4.69, 9.17) is 15.9 Å². The number of fused-ring (bicyclic) bond motifs is 1. The number of carbonyl (C=O) groups is 1. The number of halogens is 3. The summed E-state index contributed by atoms with van der Waals surface area (Å²) in [7, 11) is 0. The van der Waals surface area contributed by atoms with Gasteiger partial charge in [0.25, 0.3) is 5.91 Å². The maximum atomic E-state index is 12.9. The molecule has 10 heteroatoms. The summed E-state index contributed by atoms with van der Waals surface area (Å²) in [5, 5.41) is 9.97. The number of amides is 1. The zero-order valence-electron chi connectivity index (χ0n) is 17.5. The van der Waals surface area contributed by atoms with E-state index < -0.39 is 18.0 Å². The summed E-state index contributed by atoms with van der Waals surface area (Å²) in [6.07, 6.45) is -2.32. The first-order valence-corrected chi connectivity index (χ1v) is 9.80. The first-order valence-electron chi connectivity index (χ1n) is 9.80. The van der Waals surface area contributed by atoms with Gasteiger partial charge in [0, 0.05) is 34.8 Å². The van der Waals surface area contributed by atoms with Crippen molar-refractivity contribution in [1.29, 1.82) is 5.41 Å². The minimum atomic E-state index is -4.79. The van der Waals surface area contributed by atoms with Crippen molar-refractivity contribution >= 4 is 29.2 Å². The summed E-state index contributed by atoms with van der Waals surface area (Å²) < 4.78 is 46.6. The second kappa shape index (κ2) is 9.21. The maximum Gasteiger partial charge on any atom is 0.573 e. The predicted octanol–water partition coefficient (Wildman–Crippen LogP) is 4.39. The molecule has 3 rings (SSSR count). The Labute approximate surface area is 183 Å². The van der Waals surface area contributed by atoms with Crippen molar-refractivity contribution < 1.29 is 27.4 Å². The highest BCUT2D eigenvalue weighted by Gasteiger charge is 2.31. The van der Waals surface area contributed by atoms with Crippen molar-refractivity contribution in [2.75, 3.05) is 23.4 Å². The van der Waals surface area contributed by atoms with Gasteiger partial charge in [-0.3, -0.25) is 4.79 Å². The van der Waals surface area contributed by atoms with Crippen LogP contribution in [0.15, 0.2) is 42.5 Å². The van der Waals surface area contributed by atoms with Gasteiger partial charge in [0.1, 0.15) is 18.1 Å². The summed E-state index contributed by atoms with van der Waals surface area (Å²) in [5.74, 6) is -0.396. The number of carbonyl (C=O) groups excluding carboxylic acids is 1. The molecule has 0 bridgehead atoms. The molecule has 0 aliphatic carbocycles. The zero-order valence-corrected chi connectivity index (χ0v) is 17.5. The molecule has 1 heterocycles. The first-order chi connectivity index (χ1) is 15.1. The molecule has 1 aliphatic heterocycles. The van der Waals surface area contributed by atoms with E-state index in [-0.39, 0.29) is 17.3 Å². The van der Waals surface area contributed by atoms with Gasteiger partial charge in [-0.15, -0.1) is 13.2 Å². The first kappa shape index (κ1) is 23.0. The van der Waals surface area contributed by atoms with E-state index in [0.717, 1.165) is 24.0 Å². The number of nitrogens with one attached hydrogen (secondary N) is 2. The molecule has 0 spiro atoms. The van der Waals surface area contributed by atoms with Crippen molar-refractivity contribution in [2.45, 2.75) is 26.3 Å². The second-order valence-electron chi connectivity index (χ2n) is 7.32. The lowest BCUT2D eigenvalue weighted by Gasteiger charge is -2.36. The molecule has 7 nitrogen and oxygen atoms in total.